The van der Waals surface area contributed by atoms with Gasteiger partial charge in [0.2, 0.25) is 0 Å². The maximum atomic E-state index is 5.87. The summed E-state index contributed by atoms with van der Waals surface area (Å²) in [6, 6.07) is 11.8. The van der Waals surface area contributed by atoms with E-state index in [4.69, 9.17) is 23.9 Å². The Bertz CT molecular complexity index is 1030. The van der Waals surface area contributed by atoms with Gasteiger partial charge in [-0.15, -0.1) is 11.3 Å². The molecule has 3 aromatic rings. The third kappa shape index (κ3) is 6.01. The lowest BCUT2D eigenvalue weighted by molar-refractivity contribution is 0.273. The highest BCUT2D eigenvalue weighted by Gasteiger charge is 2.09. The summed E-state index contributed by atoms with van der Waals surface area (Å²) < 4.78 is 22.1. The van der Waals surface area contributed by atoms with E-state index in [1.807, 2.05) is 53.9 Å². The van der Waals surface area contributed by atoms with Crippen LogP contribution in [0.5, 0.6) is 23.0 Å². The Labute approximate surface area is 188 Å². The van der Waals surface area contributed by atoms with Gasteiger partial charge >= 0.3 is 0 Å². The molecule has 0 atom stereocenters. The van der Waals surface area contributed by atoms with E-state index in [9.17, 15) is 0 Å². The standard InChI is InChI=1S/C25H29NO4S/c1-17(2)12-13-30-22-9-6-18(14-23(22)28-4)7-11-25-26-20(16-31-25)19-8-10-21(27-3)24(15-19)29-5/h6-11,14-17H,12-13H2,1-5H3/b11-7+. The fourth-order valence-corrected chi connectivity index (χ4v) is 3.69. The molecule has 164 valence electrons. The minimum Gasteiger partial charge on any atom is -0.493 e. The van der Waals surface area contributed by atoms with Gasteiger partial charge in [0.15, 0.2) is 23.0 Å². The predicted molar refractivity (Wildman–Crippen MR) is 128 cm³/mol. The Hall–Kier alpha value is -2.99. The van der Waals surface area contributed by atoms with Crippen LogP contribution in [0.15, 0.2) is 41.8 Å². The van der Waals surface area contributed by atoms with E-state index < -0.39 is 0 Å². The van der Waals surface area contributed by atoms with Crippen LogP contribution in [0.3, 0.4) is 0 Å². The summed E-state index contributed by atoms with van der Waals surface area (Å²) in [6.07, 6.45) is 5.04. The molecule has 5 nitrogen and oxygen atoms in total. The number of methoxy groups -OCH3 is 3. The number of aromatic nitrogens is 1. The zero-order valence-corrected chi connectivity index (χ0v) is 19.5. The van der Waals surface area contributed by atoms with E-state index in [-0.39, 0.29) is 0 Å². The van der Waals surface area contributed by atoms with E-state index in [2.05, 4.69) is 13.8 Å². The lowest BCUT2D eigenvalue weighted by Crippen LogP contribution is -2.02. The van der Waals surface area contributed by atoms with Crippen LogP contribution in [0.1, 0.15) is 30.8 Å². The minimum atomic E-state index is 0.607. The van der Waals surface area contributed by atoms with E-state index in [1.54, 1.807) is 32.7 Å². The summed E-state index contributed by atoms with van der Waals surface area (Å²) in [7, 11) is 4.92. The van der Waals surface area contributed by atoms with Crippen molar-refractivity contribution in [2.24, 2.45) is 5.92 Å². The smallest absolute Gasteiger partial charge is 0.161 e. The molecule has 0 aliphatic carbocycles. The van der Waals surface area contributed by atoms with Crippen LogP contribution in [0.4, 0.5) is 0 Å². The van der Waals surface area contributed by atoms with Crippen LogP contribution in [0.25, 0.3) is 23.4 Å². The lowest BCUT2D eigenvalue weighted by atomic mass is 10.1. The molecular formula is C25H29NO4S. The normalized spacial score (nSPS) is 11.2. The number of nitrogens with zero attached hydrogens (tertiary/aromatic N) is 1. The van der Waals surface area contributed by atoms with E-state index in [0.29, 0.717) is 24.0 Å². The molecule has 0 saturated carbocycles. The molecule has 0 amide bonds. The van der Waals surface area contributed by atoms with E-state index in [0.717, 1.165) is 39.7 Å². The van der Waals surface area contributed by atoms with Gasteiger partial charge < -0.3 is 18.9 Å². The van der Waals surface area contributed by atoms with Gasteiger partial charge in [-0.1, -0.05) is 26.0 Å². The summed E-state index contributed by atoms with van der Waals surface area (Å²) >= 11 is 1.59. The maximum Gasteiger partial charge on any atom is 0.161 e. The fraction of sp³-hybridized carbons (Fsp3) is 0.320. The Morgan fingerprint density at radius 3 is 2.29 bits per heavy atom. The molecular weight excluding hydrogens is 410 g/mol. The SMILES string of the molecule is COc1ccc(-c2csc(/C=C/c3ccc(OCCC(C)C)c(OC)c3)n2)cc1OC. The van der Waals surface area contributed by atoms with Crippen LogP contribution in [-0.4, -0.2) is 32.9 Å². The van der Waals surface area contributed by atoms with Crippen LogP contribution in [0, 0.1) is 5.92 Å². The van der Waals surface area contributed by atoms with Gasteiger partial charge in [0.05, 0.1) is 33.6 Å². The van der Waals surface area contributed by atoms with Crippen molar-refractivity contribution >= 4 is 23.5 Å². The van der Waals surface area contributed by atoms with Crippen LogP contribution in [0.2, 0.25) is 0 Å². The molecule has 0 unspecified atom stereocenters. The second kappa shape index (κ2) is 10.9. The van der Waals surface area contributed by atoms with Gasteiger partial charge in [0.1, 0.15) is 5.01 Å². The molecule has 0 bridgehead atoms. The van der Waals surface area contributed by atoms with Gasteiger partial charge in [-0.2, -0.15) is 0 Å². The molecule has 0 fully saturated rings. The average Bonchev–Trinajstić information content (AvgIpc) is 3.26. The number of benzene rings is 2. The van der Waals surface area contributed by atoms with Gasteiger partial charge in [0.25, 0.3) is 0 Å². The van der Waals surface area contributed by atoms with Crippen molar-refractivity contribution in [2.45, 2.75) is 20.3 Å². The third-order valence-electron chi connectivity index (χ3n) is 4.76. The first-order valence-electron chi connectivity index (χ1n) is 10.2. The van der Waals surface area contributed by atoms with Gasteiger partial charge in [-0.25, -0.2) is 4.98 Å². The minimum absolute atomic E-state index is 0.607. The molecule has 0 radical (unpaired) electrons. The maximum absolute atomic E-state index is 5.87. The number of hydrogen-bond acceptors (Lipinski definition) is 6. The molecule has 2 aromatic carbocycles. The second-order valence-electron chi connectivity index (χ2n) is 7.42. The third-order valence-corrected chi connectivity index (χ3v) is 5.57. The summed E-state index contributed by atoms with van der Waals surface area (Å²) in [5.41, 5.74) is 2.91. The number of hydrogen-bond donors (Lipinski definition) is 0. The Morgan fingerprint density at radius 1 is 0.871 bits per heavy atom. The van der Waals surface area contributed by atoms with Gasteiger partial charge in [-0.3, -0.25) is 0 Å². The van der Waals surface area contributed by atoms with Crippen molar-refractivity contribution < 1.29 is 18.9 Å². The van der Waals surface area contributed by atoms with Crippen molar-refractivity contribution in [1.82, 2.24) is 4.98 Å². The summed E-state index contributed by atoms with van der Waals surface area (Å²) in [6.45, 7) is 5.05. The zero-order chi connectivity index (χ0) is 22.2. The van der Waals surface area contributed by atoms with E-state index in [1.165, 1.54) is 0 Å². The number of ether oxygens (including phenoxy) is 4. The quantitative estimate of drug-likeness (QED) is 0.364. The Morgan fingerprint density at radius 2 is 1.58 bits per heavy atom. The molecule has 0 N–H and O–H groups in total. The molecule has 31 heavy (non-hydrogen) atoms. The van der Waals surface area contributed by atoms with Crippen molar-refractivity contribution in [3.63, 3.8) is 0 Å². The first kappa shape index (κ1) is 22.7. The molecule has 0 spiro atoms. The number of rotatable bonds is 10. The highest BCUT2D eigenvalue weighted by atomic mass is 32.1. The molecule has 0 saturated heterocycles. The molecule has 1 heterocycles. The van der Waals surface area contributed by atoms with E-state index >= 15 is 0 Å². The topological polar surface area (TPSA) is 49.8 Å². The number of thiazole rings is 1. The average molecular weight is 440 g/mol. The lowest BCUT2D eigenvalue weighted by Gasteiger charge is -2.12. The van der Waals surface area contributed by atoms with Crippen molar-refractivity contribution in [1.29, 1.82) is 0 Å². The first-order chi connectivity index (χ1) is 15.0. The van der Waals surface area contributed by atoms with Crippen molar-refractivity contribution in [2.75, 3.05) is 27.9 Å². The molecule has 0 aliphatic rings. The van der Waals surface area contributed by atoms with Crippen LogP contribution in [-0.2, 0) is 0 Å². The second-order valence-corrected chi connectivity index (χ2v) is 8.31. The fourth-order valence-electron chi connectivity index (χ4n) is 2.97. The van der Waals surface area contributed by atoms with Crippen molar-refractivity contribution in [3.8, 4) is 34.3 Å². The highest BCUT2D eigenvalue weighted by Crippen LogP contribution is 2.33. The first-order valence-corrected chi connectivity index (χ1v) is 11.1. The summed E-state index contributed by atoms with van der Waals surface area (Å²) in [4.78, 5) is 4.72. The summed E-state index contributed by atoms with van der Waals surface area (Å²) in [5, 5.41) is 2.95. The zero-order valence-electron chi connectivity index (χ0n) is 18.7. The van der Waals surface area contributed by atoms with Crippen LogP contribution >= 0.6 is 11.3 Å². The molecule has 3 rings (SSSR count). The van der Waals surface area contributed by atoms with Gasteiger partial charge in [0, 0.05) is 10.9 Å². The highest BCUT2D eigenvalue weighted by molar-refractivity contribution is 7.10. The largest absolute Gasteiger partial charge is 0.493 e. The van der Waals surface area contributed by atoms with Gasteiger partial charge in [-0.05, 0) is 54.3 Å². The molecule has 6 heteroatoms. The monoisotopic (exact) mass is 439 g/mol. The van der Waals surface area contributed by atoms with Crippen molar-refractivity contribution in [3.05, 3.63) is 52.3 Å². The summed E-state index contributed by atoms with van der Waals surface area (Å²) in [5.74, 6) is 3.50. The predicted octanol–water partition coefficient (Wildman–Crippen LogP) is 6.43. The van der Waals surface area contributed by atoms with Crippen LogP contribution < -0.4 is 18.9 Å². The Kier molecular flexibility index (Phi) is 7.95. The molecule has 1 aromatic heterocycles. The Balaban J connectivity index is 1.72. The molecule has 0 aliphatic heterocycles.